The maximum absolute atomic E-state index is 13.3. The SMILES string of the molecule is CC(NC(=O)[C@@H]1C[C@@H](S(C)(=O)=O)CN1C(=O)CNC(=O)c1cccc(-c2ccc(F)cc2)c1)c1cc(C(=N)N)cs1. The highest BCUT2D eigenvalue weighted by atomic mass is 32.2. The number of carbonyl (C=O) groups is 3. The Labute approximate surface area is 241 Å². The van der Waals surface area contributed by atoms with Gasteiger partial charge >= 0.3 is 0 Å². The molecular formula is C28H30FN5O5S2. The predicted molar refractivity (Wildman–Crippen MR) is 155 cm³/mol. The fraction of sp³-hybridized carbons (Fsp3) is 0.286. The van der Waals surface area contributed by atoms with Gasteiger partial charge < -0.3 is 21.3 Å². The molecule has 1 aliphatic heterocycles. The molecule has 13 heteroatoms. The third-order valence-electron chi connectivity index (χ3n) is 6.91. The minimum absolute atomic E-state index is 0.0695. The summed E-state index contributed by atoms with van der Waals surface area (Å²) in [6.45, 7) is 1.12. The lowest BCUT2D eigenvalue weighted by atomic mass is 10.0. The summed E-state index contributed by atoms with van der Waals surface area (Å²) in [7, 11) is -3.55. The van der Waals surface area contributed by atoms with E-state index in [0.717, 1.165) is 11.1 Å². The second-order valence-electron chi connectivity index (χ2n) is 9.90. The number of halogens is 1. The molecule has 0 spiro atoms. The standard InChI is InChI=1S/C28H30FN5O5S2/c1-16(24-11-20(15-40-24)26(30)31)33-28(37)23-12-22(41(2,38)39)14-34(23)25(35)13-32-27(36)19-5-3-4-18(10-19)17-6-8-21(29)9-7-17/h3-11,15-16,22-23H,12-14H2,1-2H3,(H3,30,31)(H,32,36)(H,33,37)/t16?,22-,23+/m1/s1. The number of sulfone groups is 1. The van der Waals surface area contributed by atoms with Crippen LogP contribution in [-0.4, -0.2) is 67.5 Å². The number of hydrogen-bond donors (Lipinski definition) is 4. The Balaban J connectivity index is 1.44. The Bertz CT molecular complexity index is 1590. The van der Waals surface area contributed by atoms with Crippen molar-refractivity contribution in [3.63, 3.8) is 0 Å². The molecule has 2 heterocycles. The normalized spacial score (nSPS) is 17.6. The van der Waals surface area contributed by atoms with Gasteiger partial charge in [0.25, 0.3) is 5.91 Å². The van der Waals surface area contributed by atoms with E-state index in [9.17, 15) is 27.2 Å². The van der Waals surface area contributed by atoms with Crippen LogP contribution in [0.1, 0.15) is 40.2 Å². The van der Waals surface area contributed by atoms with E-state index in [1.807, 2.05) is 0 Å². The van der Waals surface area contributed by atoms with Crippen LogP contribution in [0.5, 0.6) is 0 Å². The lowest BCUT2D eigenvalue weighted by Gasteiger charge is -2.25. The van der Waals surface area contributed by atoms with Gasteiger partial charge in [0, 0.05) is 34.2 Å². The Morgan fingerprint density at radius 3 is 2.46 bits per heavy atom. The summed E-state index contributed by atoms with van der Waals surface area (Å²) in [5, 5.41) is 13.7. The van der Waals surface area contributed by atoms with E-state index >= 15 is 0 Å². The number of thiophene rings is 1. The highest BCUT2D eigenvalue weighted by Crippen LogP contribution is 2.26. The molecule has 0 saturated carbocycles. The molecule has 1 saturated heterocycles. The minimum atomic E-state index is -3.55. The van der Waals surface area contributed by atoms with Crippen LogP contribution in [0.3, 0.4) is 0 Å². The molecule has 1 aromatic heterocycles. The maximum atomic E-state index is 13.3. The van der Waals surface area contributed by atoms with Gasteiger partial charge in [-0.3, -0.25) is 19.8 Å². The largest absolute Gasteiger partial charge is 0.384 e. The Morgan fingerprint density at radius 2 is 1.83 bits per heavy atom. The Kier molecular flexibility index (Phi) is 8.88. The molecule has 3 amide bonds. The number of carbonyl (C=O) groups excluding carboxylic acids is 3. The van der Waals surface area contributed by atoms with Crippen LogP contribution in [0.15, 0.2) is 60.0 Å². The van der Waals surface area contributed by atoms with E-state index in [0.29, 0.717) is 16.7 Å². The number of nitrogens with zero attached hydrogens (tertiary/aromatic N) is 1. The van der Waals surface area contributed by atoms with Crippen LogP contribution < -0.4 is 16.4 Å². The fourth-order valence-electron chi connectivity index (χ4n) is 4.58. The first-order valence-electron chi connectivity index (χ1n) is 12.7. The molecule has 5 N–H and O–H groups in total. The molecule has 2 aromatic carbocycles. The third kappa shape index (κ3) is 7.16. The predicted octanol–water partition coefficient (Wildman–Crippen LogP) is 2.46. The average Bonchev–Trinajstić information content (AvgIpc) is 3.61. The summed E-state index contributed by atoms with van der Waals surface area (Å²) in [4.78, 5) is 41.2. The van der Waals surface area contributed by atoms with E-state index < -0.39 is 51.4 Å². The smallest absolute Gasteiger partial charge is 0.251 e. The van der Waals surface area contributed by atoms with Gasteiger partial charge in [0.2, 0.25) is 11.8 Å². The quantitative estimate of drug-likeness (QED) is 0.218. The van der Waals surface area contributed by atoms with Gasteiger partial charge in [-0.2, -0.15) is 0 Å². The molecule has 0 radical (unpaired) electrons. The van der Waals surface area contributed by atoms with Gasteiger partial charge in [-0.05, 0) is 54.8 Å². The molecule has 41 heavy (non-hydrogen) atoms. The van der Waals surface area contributed by atoms with Crippen molar-refractivity contribution in [2.75, 3.05) is 19.3 Å². The van der Waals surface area contributed by atoms with Crippen LogP contribution in [0, 0.1) is 11.2 Å². The van der Waals surface area contributed by atoms with Crippen molar-refractivity contribution in [2.45, 2.75) is 30.7 Å². The van der Waals surface area contributed by atoms with Gasteiger partial charge in [-0.1, -0.05) is 24.3 Å². The number of nitrogen functional groups attached to an aromatic ring is 1. The molecule has 216 valence electrons. The zero-order valence-electron chi connectivity index (χ0n) is 22.4. The number of amides is 3. The molecule has 1 fully saturated rings. The van der Waals surface area contributed by atoms with Gasteiger partial charge in [-0.25, -0.2) is 12.8 Å². The van der Waals surface area contributed by atoms with Crippen molar-refractivity contribution in [1.82, 2.24) is 15.5 Å². The van der Waals surface area contributed by atoms with Crippen LogP contribution in [0.4, 0.5) is 4.39 Å². The first kappa shape index (κ1) is 29.9. The van der Waals surface area contributed by atoms with Gasteiger partial charge in [-0.15, -0.1) is 11.3 Å². The highest BCUT2D eigenvalue weighted by molar-refractivity contribution is 7.91. The molecule has 1 unspecified atom stereocenters. The number of nitrogens with one attached hydrogen (secondary N) is 3. The molecule has 0 bridgehead atoms. The minimum Gasteiger partial charge on any atom is -0.384 e. The van der Waals surface area contributed by atoms with Crippen LogP contribution in [-0.2, 0) is 19.4 Å². The van der Waals surface area contributed by atoms with E-state index in [2.05, 4.69) is 10.6 Å². The molecule has 1 aliphatic rings. The van der Waals surface area contributed by atoms with E-state index in [1.54, 1.807) is 54.8 Å². The first-order chi connectivity index (χ1) is 19.3. The summed E-state index contributed by atoms with van der Waals surface area (Å²) in [6.07, 6.45) is 0.994. The number of nitrogens with two attached hydrogens (primary N) is 1. The molecule has 3 aromatic rings. The van der Waals surface area contributed by atoms with Crippen molar-refractivity contribution in [2.24, 2.45) is 5.73 Å². The molecular weight excluding hydrogens is 569 g/mol. The maximum Gasteiger partial charge on any atom is 0.251 e. The zero-order valence-corrected chi connectivity index (χ0v) is 24.0. The lowest BCUT2D eigenvalue weighted by molar-refractivity contribution is -0.137. The highest BCUT2D eigenvalue weighted by Gasteiger charge is 2.43. The van der Waals surface area contributed by atoms with E-state index in [-0.39, 0.29) is 30.2 Å². The van der Waals surface area contributed by atoms with Crippen molar-refractivity contribution >= 4 is 44.7 Å². The van der Waals surface area contributed by atoms with Gasteiger partial charge in [0.05, 0.1) is 17.8 Å². The second-order valence-corrected chi connectivity index (χ2v) is 13.2. The number of hydrogen-bond acceptors (Lipinski definition) is 7. The lowest BCUT2D eigenvalue weighted by Crippen LogP contribution is -2.49. The van der Waals surface area contributed by atoms with Crippen molar-refractivity contribution < 1.29 is 27.2 Å². The summed E-state index contributed by atoms with van der Waals surface area (Å²) in [5.41, 5.74) is 7.72. The van der Waals surface area contributed by atoms with Gasteiger partial charge in [0.15, 0.2) is 9.84 Å². The van der Waals surface area contributed by atoms with Gasteiger partial charge in [0.1, 0.15) is 17.7 Å². The van der Waals surface area contributed by atoms with Crippen molar-refractivity contribution in [1.29, 1.82) is 5.41 Å². The van der Waals surface area contributed by atoms with Crippen molar-refractivity contribution in [3.8, 4) is 11.1 Å². The summed E-state index contributed by atoms with van der Waals surface area (Å²) < 4.78 is 37.9. The number of rotatable bonds is 9. The number of likely N-dealkylation sites (tertiary alicyclic amines) is 1. The number of amidine groups is 1. The average molecular weight is 600 g/mol. The molecule has 3 atom stereocenters. The summed E-state index contributed by atoms with van der Waals surface area (Å²) in [6, 6.07) is 12.6. The summed E-state index contributed by atoms with van der Waals surface area (Å²) in [5.74, 6) is -2.13. The van der Waals surface area contributed by atoms with E-state index in [1.165, 1.54) is 28.4 Å². The van der Waals surface area contributed by atoms with Crippen LogP contribution in [0.25, 0.3) is 11.1 Å². The second kappa shape index (κ2) is 12.2. The molecule has 10 nitrogen and oxygen atoms in total. The number of benzene rings is 2. The van der Waals surface area contributed by atoms with Crippen LogP contribution in [0.2, 0.25) is 0 Å². The van der Waals surface area contributed by atoms with Crippen molar-refractivity contribution in [3.05, 3.63) is 81.8 Å². The fourth-order valence-corrected chi connectivity index (χ4v) is 6.45. The molecule has 4 rings (SSSR count). The third-order valence-corrected chi connectivity index (χ3v) is 9.58. The van der Waals surface area contributed by atoms with E-state index in [4.69, 9.17) is 11.1 Å². The summed E-state index contributed by atoms with van der Waals surface area (Å²) >= 11 is 1.32. The monoisotopic (exact) mass is 599 g/mol. The first-order valence-corrected chi connectivity index (χ1v) is 15.5. The molecule has 0 aliphatic carbocycles. The Morgan fingerprint density at radius 1 is 1.12 bits per heavy atom. The topological polar surface area (TPSA) is 163 Å². The zero-order chi connectivity index (χ0) is 29.9. The Hall–Kier alpha value is -4.10. The van der Waals surface area contributed by atoms with Crippen LogP contribution >= 0.6 is 11.3 Å².